The molecule has 1 nitrogen and oxygen atoms in total. The van der Waals surface area contributed by atoms with E-state index >= 15 is 0 Å². The molecule has 0 bridgehead atoms. The van der Waals surface area contributed by atoms with Gasteiger partial charge in [0.05, 0.1) is 5.54 Å². The van der Waals surface area contributed by atoms with Crippen LogP contribution in [0.15, 0.2) is 73.8 Å². The Morgan fingerprint density at radius 3 is 1.70 bits per heavy atom. The highest BCUT2D eigenvalue weighted by Gasteiger charge is 2.27. The Morgan fingerprint density at radius 1 is 0.957 bits per heavy atom. The van der Waals surface area contributed by atoms with Gasteiger partial charge in [-0.3, -0.25) is 0 Å². The molecule has 1 aromatic rings. The van der Waals surface area contributed by atoms with Crippen LogP contribution < -0.4 is 5.32 Å². The van der Waals surface area contributed by atoms with Gasteiger partial charge >= 0.3 is 0 Å². The van der Waals surface area contributed by atoms with E-state index < -0.39 is 0 Å². The second kappa shape index (κ2) is 7.63. The average Bonchev–Trinajstić information content (AvgIpc) is 2.58. The molecule has 0 heterocycles. The minimum atomic E-state index is -0.128. The first-order valence-corrected chi connectivity index (χ1v) is 7.77. The smallest absolute Gasteiger partial charge is 0.0501 e. The summed E-state index contributed by atoms with van der Waals surface area (Å²) < 4.78 is 0. The van der Waals surface area contributed by atoms with Crippen LogP contribution in [-0.4, -0.2) is 7.05 Å². The average molecular weight is 301 g/mol. The molecule has 1 aromatic carbocycles. The Balaban J connectivity index is 0.000000260. The third-order valence-corrected chi connectivity index (χ3v) is 4.29. The second-order valence-corrected chi connectivity index (χ2v) is 5.62. The van der Waals surface area contributed by atoms with E-state index in [1.54, 1.807) is 0 Å². The van der Waals surface area contributed by atoms with Crippen LogP contribution in [0, 0.1) is 12.3 Å². The molecule has 0 unspecified atom stereocenters. The van der Waals surface area contributed by atoms with Crippen molar-refractivity contribution in [2.24, 2.45) is 0 Å². The summed E-state index contributed by atoms with van der Waals surface area (Å²) in [4.78, 5) is 0. The minimum absolute atomic E-state index is 0.128. The standard InChI is InChI=1S/C16H19N.C6H4/c1-5-12-16(17-4,13-6-2)15-10-8-14(7-3)9-11-15;1-2-6-4-3-5(1)6/h3,5-6,8-11,17H,1-2,12-13H2,4H3;1-4H. The topological polar surface area (TPSA) is 12.0 Å². The fourth-order valence-corrected chi connectivity index (χ4v) is 2.71. The van der Waals surface area contributed by atoms with E-state index in [0.717, 1.165) is 18.4 Å². The molecule has 116 valence electrons. The van der Waals surface area contributed by atoms with Crippen LogP contribution in [0.5, 0.6) is 0 Å². The molecule has 0 atom stereocenters. The maximum absolute atomic E-state index is 5.36. The van der Waals surface area contributed by atoms with Crippen molar-refractivity contribution in [1.82, 2.24) is 5.32 Å². The Bertz CT molecular complexity index is 668. The van der Waals surface area contributed by atoms with Gasteiger partial charge in [-0.2, -0.15) is 0 Å². The van der Waals surface area contributed by atoms with Gasteiger partial charge in [0, 0.05) is 5.56 Å². The van der Waals surface area contributed by atoms with Gasteiger partial charge < -0.3 is 5.32 Å². The third-order valence-electron chi connectivity index (χ3n) is 4.29. The molecule has 0 amide bonds. The predicted molar refractivity (Wildman–Crippen MR) is 100 cm³/mol. The van der Waals surface area contributed by atoms with Crippen molar-refractivity contribution in [2.75, 3.05) is 7.05 Å². The Hall–Kier alpha value is -2.56. The summed E-state index contributed by atoms with van der Waals surface area (Å²) in [6.45, 7) is 7.66. The molecule has 1 heteroatoms. The van der Waals surface area contributed by atoms with Gasteiger partial charge in [-0.05, 0) is 48.7 Å². The monoisotopic (exact) mass is 301 g/mol. The van der Waals surface area contributed by atoms with E-state index in [2.05, 4.69) is 60.8 Å². The summed E-state index contributed by atoms with van der Waals surface area (Å²) in [5.74, 6) is 2.63. The first kappa shape index (κ1) is 16.8. The van der Waals surface area contributed by atoms with Crippen molar-refractivity contribution in [1.29, 1.82) is 0 Å². The Morgan fingerprint density at radius 2 is 1.43 bits per heavy atom. The largest absolute Gasteiger partial charge is 0.310 e. The molecule has 23 heavy (non-hydrogen) atoms. The summed E-state index contributed by atoms with van der Waals surface area (Å²) in [5.41, 5.74) is 4.83. The number of hydrogen-bond acceptors (Lipinski definition) is 1. The van der Waals surface area contributed by atoms with Gasteiger partial charge in [-0.25, -0.2) is 0 Å². The summed E-state index contributed by atoms with van der Waals surface area (Å²) in [6.07, 6.45) is 10.9. The van der Waals surface area contributed by atoms with Gasteiger partial charge in [0.25, 0.3) is 0 Å². The molecule has 0 radical (unpaired) electrons. The van der Waals surface area contributed by atoms with Crippen molar-refractivity contribution < 1.29 is 0 Å². The van der Waals surface area contributed by atoms with Crippen LogP contribution in [0.1, 0.15) is 24.0 Å². The molecule has 2 aliphatic rings. The van der Waals surface area contributed by atoms with E-state index in [1.807, 2.05) is 31.3 Å². The Labute approximate surface area is 139 Å². The third kappa shape index (κ3) is 3.62. The first-order valence-electron chi connectivity index (χ1n) is 7.77. The first-order chi connectivity index (χ1) is 11.2. The molecule has 0 saturated heterocycles. The van der Waals surface area contributed by atoms with Crippen molar-refractivity contribution in [2.45, 2.75) is 18.4 Å². The molecule has 1 N–H and O–H groups in total. The van der Waals surface area contributed by atoms with Crippen molar-refractivity contribution in [3.63, 3.8) is 0 Å². The van der Waals surface area contributed by atoms with Crippen LogP contribution in [0.2, 0.25) is 0 Å². The summed E-state index contributed by atoms with van der Waals surface area (Å²) in [7, 11) is 1.96. The van der Waals surface area contributed by atoms with Crippen LogP contribution in [0.4, 0.5) is 0 Å². The van der Waals surface area contributed by atoms with Crippen molar-refractivity contribution >= 4 is 0 Å². The zero-order chi connectivity index (χ0) is 16.7. The molecule has 0 spiro atoms. The Kier molecular flexibility index (Phi) is 5.57. The van der Waals surface area contributed by atoms with Gasteiger partial charge in [0.1, 0.15) is 0 Å². The van der Waals surface area contributed by atoms with E-state index in [0.29, 0.717) is 0 Å². The molecular weight excluding hydrogens is 278 g/mol. The summed E-state index contributed by atoms with van der Waals surface area (Å²) >= 11 is 0. The lowest BCUT2D eigenvalue weighted by Crippen LogP contribution is -2.39. The lowest BCUT2D eigenvalue weighted by Gasteiger charge is -2.32. The summed E-state index contributed by atoms with van der Waals surface area (Å²) in [6, 6.07) is 16.5. The maximum atomic E-state index is 5.36. The van der Waals surface area contributed by atoms with Crippen molar-refractivity contribution in [3.8, 4) is 23.5 Å². The zero-order valence-corrected chi connectivity index (χ0v) is 13.7. The molecule has 0 aliphatic heterocycles. The van der Waals surface area contributed by atoms with E-state index in [1.165, 1.54) is 16.7 Å². The summed E-state index contributed by atoms with van der Waals surface area (Å²) in [5, 5.41) is 3.38. The normalized spacial score (nSPS) is 10.8. The van der Waals surface area contributed by atoms with E-state index in [4.69, 9.17) is 6.42 Å². The van der Waals surface area contributed by atoms with Crippen molar-refractivity contribution in [3.05, 3.63) is 85.0 Å². The van der Waals surface area contributed by atoms with E-state index in [-0.39, 0.29) is 5.54 Å². The highest BCUT2D eigenvalue weighted by molar-refractivity contribution is 5.75. The highest BCUT2D eigenvalue weighted by atomic mass is 14.9. The fraction of sp³-hybridized carbons (Fsp3) is 0.182. The lowest BCUT2D eigenvalue weighted by molar-refractivity contribution is 0.368. The van der Waals surface area contributed by atoms with Crippen LogP contribution >= 0.6 is 0 Å². The van der Waals surface area contributed by atoms with Gasteiger partial charge in [0.15, 0.2) is 0 Å². The van der Waals surface area contributed by atoms with Crippen LogP contribution in [0.3, 0.4) is 0 Å². The van der Waals surface area contributed by atoms with Gasteiger partial charge in [-0.1, -0.05) is 54.5 Å². The number of hydrogen-bond donors (Lipinski definition) is 1. The number of fused-ring (bicyclic) bond motifs is 1. The number of rotatable bonds is 6. The molecule has 0 fully saturated rings. The van der Waals surface area contributed by atoms with Gasteiger partial charge in [0.2, 0.25) is 0 Å². The number of terminal acetylenes is 1. The molecule has 2 aliphatic carbocycles. The zero-order valence-electron chi connectivity index (χ0n) is 13.7. The highest BCUT2D eigenvalue weighted by Crippen LogP contribution is 2.30. The predicted octanol–water partition coefficient (Wildman–Crippen LogP) is 4.90. The molecule has 0 aromatic heterocycles. The SMILES string of the molecule is C#Cc1ccc(C(CC=C)(CC=C)NC)cc1.c1cc2ccc1-2. The molecule has 0 saturated carbocycles. The second-order valence-electron chi connectivity index (χ2n) is 5.62. The quantitative estimate of drug-likeness (QED) is 0.504. The van der Waals surface area contributed by atoms with Crippen LogP contribution in [-0.2, 0) is 5.54 Å². The molecule has 3 rings (SSSR count). The number of benzene rings is 2. The maximum Gasteiger partial charge on any atom is 0.0501 e. The lowest BCUT2D eigenvalue weighted by atomic mass is 9.83. The van der Waals surface area contributed by atoms with Crippen LogP contribution in [0.25, 0.3) is 11.1 Å². The van der Waals surface area contributed by atoms with Gasteiger partial charge in [-0.15, -0.1) is 19.6 Å². The van der Waals surface area contributed by atoms with E-state index in [9.17, 15) is 0 Å². The molecular formula is C22H23N. The fourth-order valence-electron chi connectivity index (χ4n) is 2.71. The minimum Gasteiger partial charge on any atom is -0.310 e. The number of nitrogens with one attached hydrogen (secondary N) is 1.